The molecule has 0 unspecified atom stereocenters. The Bertz CT molecular complexity index is 837. The largest absolute Gasteiger partial charge is 0.496 e. The Kier molecular flexibility index (Phi) is 4.93. The Hall–Kier alpha value is -1.45. The zero-order valence-electron chi connectivity index (χ0n) is 13.5. The van der Waals surface area contributed by atoms with E-state index in [0.717, 1.165) is 18.7 Å². The van der Waals surface area contributed by atoms with E-state index < -0.39 is 10.0 Å². The molecule has 0 radical (unpaired) electrons. The summed E-state index contributed by atoms with van der Waals surface area (Å²) in [6.07, 6.45) is 1.67. The van der Waals surface area contributed by atoms with Crippen molar-refractivity contribution < 1.29 is 13.2 Å². The maximum absolute atomic E-state index is 12.9. The van der Waals surface area contributed by atoms with Crippen LogP contribution in [0.1, 0.15) is 30.4 Å². The Labute approximate surface area is 149 Å². The predicted molar refractivity (Wildman–Crippen MR) is 92.5 cm³/mol. The lowest BCUT2D eigenvalue weighted by Crippen LogP contribution is -2.39. The highest BCUT2D eigenvalue weighted by atomic mass is 79.9. The molecule has 1 N–H and O–H groups in total. The number of sulfonamides is 1. The third-order valence-corrected chi connectivity index (χ3v) is 6.61. The van der Waals surface area contributed by atoms with Crippen LogP contribution in [0.5, 0.6) is 5.75 Å². The van der Waals surface area contributed by atoms with E-state index in [4.69, 9.17) is 4.74 Å². The Morgan fingerprint density at radius 1 is 1.42 bits per heavy atom. The minimum absolute atomic E-state index is 0.0140. The van der Waals surface area contributed by atoms with Crippen molar-refractivity contribution in [3.05, 3.63) is 34.3 Å². The third-order valence-electron chi connectivity index (χ3n) is 4.12. The zero-order chi connectivity index (χ0) is 17.3. The first kappa shape index (κ1) is 17.4. The van der Waals surface area contributed by atoms with Crippen molar-refractivity contribution in [2.45, 2.75) is 30.6 Å². The zero-order valence-corrected chi connectivity index (χ0v) is 15.9. The van der Waals surface area contributed by atoms with Crippen LogP contribution in [0.2, 0.25) is 0 Å². The normalized spacial score (nSPS) is 19.4. The maximum atomic E-state index is 12.9. The average Bonchev–Trinajstić information content (AvgIpc) is 3.01. The molecule has 1 fully saturated rings. The van der Waals surface area contributed by atoms with Gasteiger partial charge >= 0.3 is 0 Å². The third kappa shape index (κ3) is 3.33. The molecule has 1 saturated heterocycles. The summed E-state index contributed by atoms with van der Waals surface area (Å²) in [7, 11) is -2.02. The van der Waals surface area contributed by atoms with Crippen LogP contribution < -0.4 is 4.74 Å². The lowest BCUT2D eigenvalue weighted by molar-refractivity contribution is 0.309. The van der Waals surface area contributed by atoms with Gasteiger partial charge in [0.25, 0.3) is 0 Å². The second kappa shape index (κ2) is 6.81. The van der Waals surface area contributed by atoms with Crippen LogP contribution in [-0.2, 0) is 10.0 Å². The molecule has 0 amide bonds. The van der Waals surface area contributed by atoms with E-state index in [-0.39, 0.29) is 10.8 Å². The molecule has 1 aromatic carbocycles. The lowest BCUT2D eigenvalue weighted by Gasteiger charge is -2.30. The van der Waals surface area contributed by atoms with Crippen molar-refractivity contribution >= 4 is 26.0 Å². The summed E-state index contributed by atoms with van der Waals surface area (Å²) < 4.78 is 33.2. The van der Waals surface area contributed by atoms with Crippen molar-refractivity contribution in [3.8, 4) is 5.75 Å². The van der Waals surface area contributed by atoms with Crippen molar-refractivity contribution in [2.24, 2.45) is 0 Å². The van der Waals surface area contributed by atoms with Gasteiger partial charge < -0.3 is 4.74 Å². The summed E-state index contributed by atoms with van der Waals surface area (Å²) in [6, 6.07) is 4.80. The number of hydrogen-bond acceptors (Lipinski definition) is 5. The Morgan fingerprint density at radius 3 is 2.83 bits per heavy atom. The van der Waals surface area contributed by atoms with Crippen molar-refractivity contribution in [1.29, 1.82) is 0 Å². The summed E-state index contributed by atoms with van der Waals surface area (Å²) in [6.45, 7) is 2.73. The molecule has 1 aromatic heterocycles. The molecule has 130 valence electrons. The van der Waals surface area contributed by atoms with Gasteiger partial charge in [-0.25, -0.2) is 13.4 Å². The Morgan fingerprint density at radius 2 is 2.21 bits per heavy atom. The number of hydrogen-bond donors (Lipinski definition) is 1. The van der Waals surface area contributed by atoms with Crippen LogP contribution in [-0.4, -0.2) is 48.1 Å². The number of ether oxygens (including phenoxy) is 1. The first-order valence-corrected chi connectivity index (χ1v) is 9.87. The van der Waals surface area contributed by atoms with Crippen LogP contribution >= 0.6 is 15.9 Å². The number of aromatic amines is 1. The fourth-order valence-corrected chi connectivity index (χ4v) is 5.11. The minimum Gasteiger partial charge on any atom is -0.496 e. The van der Waals surface area contributed by atoms with Crippen molar-refractivity contribution in [3.63, 3.8) is 0 Å². The average molecular weight is 415 g/mol. The molecular weight excluding hydrogens is 396 g/mol. The van der Waals surface area contributed by atoms with E-state index in [1.54, 1.807) is 25.3 Å². The quantitative estimate of drug-likeness (QED) is 0.829. The molecule has 0 bridgehead atoms. The van der Waals surface area contributed by atoms with E-state index >= 15 is 0 Å². The smallest absolute Gasteiger partial charge is 0.243 e. The fraction of sp³-hybridized carbons (Fsp3) is 0.467. The summed E-state index contributed by atoms with van der Waals surface area (Å²) in [5.74, 6) is 2.04. The second-order valence-electron chi connectivity index (χ2n) is 5.78. The van der Waals surface area contributed by atoms with Crippen LogP contribution in [0, 0.1) is 6.92 Å². The van der Waals surface area contributed by atoms with Gasteiger partial charge in [0.15, 0.2) is 5.82 Å². The highest BCUT2D eigenvalue weighted by molar-refractivity contribution is 9.10. The topological polar surface area (TPSA) is 88.2 Å². The minimum atomic E-state index is -3.56. The predicted octanol–water partition coefficient (Wildman–Crippen LogP) is 2.45. The molecule has 0 spiro atoms. The standard InChI is InChI=1S/C15H19BrN4O3S/c1-10-17-15(19-18-10)11-4-3-7-20(9-11)24(21,22)12-5-6-14(23-2)13(16)8-12/h5-6,8,11H,3-4,7,9H2,1-2H3,(H,17,18,19)/t11-/m0/s1. The van der Waals surface area contributed by atoms with E-state index in [0.29, 0.717) is 29.1 Å². The summed E-state index contributed by atoms with van der Waals surface area (Å²) in [5, 5.41) is 7.01. The number of aryl methyl sites for hydroxylation is 1. The van der Waals surface area contributed by atoms with Gasteiger partial charge in [0, 0.05) is 19.0 Å². The number of aromatic nitrogens is 3. The molecule has 2 heterocycles. The SMILES string of the molecule is COc1ccc(S(=O)(=O)N2CCC[C@H](c3n[nH]c(C)n3)C2)cc1Br. The highest BCUT2D eigenvalue weighted by Crippen LogP contribution is 2.32. The maximum Gasteiger partial charge on any atom is 0.243 e. The number of H-pyrrole nitrogens is 1. The van der Waals surface area contributed by atoms with Gasteiger partial charge in [-0.05, 0) is 53.9 Å². The molecule has 7 nitrogen and oxygen atoms in total. The molecule has 24 heavy (non-hydrogen) atoms. The second-order valence-corrected chi connectivity index (χ2v) is 8.57. The first-order valence-electron chi connectivity index (χ1n) is 7.64. The molecule has 1 atom stereocenters. The molecule has 1 aliphatic rings. The van der Waals surface area contributed by atoms with Crippen LogP contribution in [0.4, 0.5) is 0 Å². The number of methoxy groups -OCH3 is 1. The molecule has 0 aliphatic carbocycles. The number of rotatable bonds is 4. The number of piperidine rings is 1. The summed E-state index contributed by atoms with van der Waals surface area (Å²) >= 11 is 3.34. The van der Waals surface area contributed by atoms with Crippen LogP contribution in [0.15, 0.2) is 27.6 Å². The molecule has 2 aromatic rings. The lowest BCUT2D eigenvalue weighted by atomic mass is 9.99. The van der Waals surface area contributed by atoms with Gasteiger partial charge in [-0.3, -0.25) is 5.10 Å². The van der Waals surface area contributed by atoms with E-state index in [1.807, 2.05) is 6.92 Å². The van der Waals surface area contributed by atoms with Gasteiger partial charge in [-0.2, -0.15) is 9.40 Å². The number of benzene rings is 1. The van der Waals surface area contributed by atoms with Crippen molar-refractivity contribution in [2.75, 3.05) is 20.2 Å². The summed E-state index contributed by atoms with van der Waals surface area (Å²) in [5.41, 5.74) is 0. The molecule has 1 aliphatic heterocycles. The van der Waals surface area contributed by atoms with E-state index in [1.165, 1.54) is 4.31 Å². The molecule has 9 heteroatoms. The monoisotopic (exact) mass is 414 g/mol. The highest BCUT2D eigenvalue weighted by Gasteiger charge is 2.32. The van der Waals surface area contributed by atoms with Crippen LogP contribution in [0.25, 0.3) is 0 Å². The van der Waals surface area contributed by atoms with Gasteiger partial charge in [-0.15, -0.1) is 0 Å². The fourth-order valence-electron chi connectivity index (χ4n) is 2.87. The van der Waals surface area contributed by atoms with Gasteiger partial charge in [0.1, 0.15) is 11.6 Å². The van der Waals surface area contributed by atoms with E-state index in [2.05, 4.69) is 31.1 Å². The van der Waals surface area contributed by atoms with Crippen LogP contribution in [0.3, 0.4) is 0 Å². The van der Waals surface area contributed by atoms with E-state index in [9.17, 15) is 8.42 Å². The van der Waals surface area contributed by atoms with Gasteiger partial charge in [0.2, 0.25) is 10.0 Å². The molecule has 0 saturated carbocycles. The van der Waals surface area contributed by atoms with Crippen molar-refractivity contribution in [1.82, 2.24) is 19.5 Å². The van der Waals surface area contributed by atoms with Gasteiger partial charge in [-0.1, -0.05) is 0 Å². The molecular formula is C15H19BrN4O3S. The van der Waals surface area contributed by atoms with Gasteiger partial charge in [0.05, 0.1) is 16.5 Å². The first-order chi connectivity index (χ1) is 11.4. The number of nitrogens with zero attached hydrogens (tertiary/aromatic N) is 3. The summed E-state index contributed by atoms with van der Waals surface area (Å²) in [4.78, 5) is 4.60. The Balaban J connectivity index is 1.85. The number of halogens is 1. The molecule has 3 rings (SSSR count). The number of nitrogens with one attached hydrogen (secondary N) is 1.